The van der Waals surface area contributed by atoms with Gasteiger partial charge in [0, 0.05) is 0 Å². The maximum absolute atomic E-state index is 5.35. The van der Waals surface area contributed by atoms with Crippen LogP contribution in [0, 0.1) is 0 Å². The Morgan fingerprint density at radius 1 is 1.16 bits per heavy atom. The predicted octanol–water partition coefficient (Wildman–Crippen LogP) is 3.94. The van der Waals surface area contributed by atoms with Crippen molar-refractivity contribution in [3.05, 3.63) is 34.3 Å². The summed E-state index contributed by atoms with van der Waals surface area (Å²) in [6.07, 6.45) is 1.63. The first-order valence-electron chi connectivity index (χ1n) is 5.33. The lowest BCUT2D eigenvalue weighted by Gasteiger charge is -1.90. The van der Waals surface area contributed by atoms with Crippen LogP contribution in [0.4, 0.5) is 0 Å². The van der Waals surface area contributed by atoms with E-state index in [1.165, 1.54) is 11.3 Å². The second-order valence-corrected chi connectivity index (χ2v) is 7.13. The van der Waals surface area contributed by atoms with E-state index < -0.39 is 0 Å². The van der Waals surface area contributed by atoms with Gasteiger partial charge in [0.15, 0.2) is 16.6 Å². The molecule has 0 aliphatic heterocycles. The normalized spacial score (nSPS) is 11.4. The summed E-state index contributed by atoms with van der Waals surface area (Å²) in [5.41, 5.74) is 0. The molecule has 4 aromatic heterocycles. The lowest BCUT2D eigenvalue weighted by molar-refractivity contribution is 0.580. The SMILES string of the molecule is Brc1ccc(-c2nnc3sc(-c4ccco4)nn23)s1. The highest BCUT2D eigenvalue weighted by Crippen LogP contribution is 2.32. The van der Waals surface area contributed by atoms with Gasteiger partial charge in [-0.25, -0.2) is 0 Å². The Labute approximate surface area is 123 Å². The molecule has 4 rings (SSSR count). The maximum atomic E-state index is 5.35. The van der Waals surface area contributed by atoms with E-state index in [-0.39, 0.29) is 0 Å². The zero-order valence-corrected chi connectivity index (χ0v) is 12.5. The number of nitrogens with zero attached hydrogens (tertiary/aromatic N) is 4. The highest BCUT2D eigenvalue weighted by atomic mass is 79.9. The van der Waals surface area contributed by atoms with Crippen molar-refractivity contribution in [2.75, 3.05) is 0 Å². The van der Waals surface area contributed by atoms with E-state index in [1.807, 2.05) is 24.3 Å². The molecule has 4 aromatic rings. The molecular formula is C11H5BrN4OS2. The minimum atomic E-state index is 0.744. The Bertz CT molecular complexity index is 845. The van der Waals surface area contributed by atoms with E-state index in [2.05, 4.69) is 31.2 Å². The van der Waals surface area contributed by atoms with Gasteiger partial charge in [-0.3, -0.25) is 0 Å². The fraction of sp³-hybridized carbons (Fsp3) is 0. The van der Waals surface area contributed by atoms with Gasteiger partial charge in [0.2, 0.25) is 4.96 Å². The van der Waals surface area contributed by atoms with Gasteiger partial charge < -0.3 is 4.42 Å². The predicted molar refractivity (Wildman–Crippen MR) is 77.4 cm³/mol. The van der Waals surface area contributed by atoms with Gasteiger partial charge in [-0.15, -0.1) is 26.6 Å². The number of hydrogen-bond acceptors (Lipinski definition) is 6. The molecule has 5 nitrogen and oxygen atoms in total. The van der Waals surface area contributed by atoms with Gasteiger partial charge in [-0.1, -0.05) is 11.3 Å². The molecule has 94 valence electrons. The largest absolute Gasteiger partial charge is 0.462 e. The van der Waals surface area contributed by atoms with E-state index in [1.54, 1.807) is 22.1 Å². The van der Waals surface area contributed by atoms with Gasteiger partial charge in [0.05, 0.1) is 14.9 Å². The number of thiophene rings is 1. The molecule has 0 saturated heterocycles. The Balaban J connectivity index is 1.89. The molecule has 0 saturated carbocycles. The molecular weight excluding hydrogens is 348 g/mol. The Hall–Kier alpha value is -1.51. The van der Waals surface area contributed by atoms with Crippen LogP contribution in [0.5, 0.6) is 0 Å². The molecule has 0 aromatic carbocycles. The summed E-state index contributed by atoms with van der Waals surface area (Å²) in [6.45, 7) is 0. The summed E-state index contributed by atoms with van der Waals surface area (Å²) < 4.78 is 8.16. The quantitative estimate of drug-likeness (QED) is 0.548. The van der Waals surface area contributed by atoms with Gasteiger partial charge in [0.25, 0.3) is 0 Å². The highest BCUT2D eigenvalue weighted by Gasteiger charge is 2.16. The van der Waals surface area contributed by atoms with Crippen molar-refractivity contribution >= 4 is 43.6 Å². The Morgan fingerprint density at radius 3 is 2.84 bits per heavy atom. The molecule has 0 aliphatic rings. The van der Waals surface area contributed by atoms with Gasteiger partial charge in [-0.2, -0.15) is 4.52 Å². The molecule has 4 heterocycles. The lowest BCUT2D eigenvalue weighted by Crippen LogP contribution is -1.88. The molecule has 0 unspecified atom stereocenters. The van der Waals surface area contributed by atoms with Crippen molar-refractivity contribution in [1.29, 1.82) is 0 Å². The molecule has 0 fully saturated rings. The lowest BCUT2D eigenvalue weighted by atomic mass is 10.4. The first-order chi connectivity index (χ1) is 9.31. The summed E-state index contributed by atoms with van der Waals surface area (Å²) in [7, 11) is 0. The Kier molecular flexibility index (Phi) is 2.54. The number of halogens is 1. The molecule has 0 radical (unpaired) electrons. The van der Waals surface area contributed by atoms with Crippen LogP contribution in [-0.4, -0.2) is 19.8 Å². The number of furan rings is 1. The van der Waals surface area contributed by atoms with Crippen LogP contribution in [0.3, 0.4) is 0 Å². The van der Waals surface area contributed by atoms with Crippen molar-refractivity contribution in [1.82, 2.24) is 19.8 Å². The third kappa shape index (κ3) is 1.83. The van der Waals surface area contributed by atoms with Gasteiger partial charge in [0.1, 0.15) is 0 Å². The van der Waals surface area contributed by atoms with Crippen LogP contribution in [0.25, 0.3) is 26.4 Å². The smallest absolute Gasteiger partial charge is 0.235 e. The molecule has 8 heteroatoms. The monoisotopic (exact) mass is 352 g/mol. The summed E-state index contributed by atoms with van der Waals surface area (Å²) in [5, 5.41) is 13.6. The van der Waals surface area contributed by atoms with Gasteiger partial charge in [-0.05, 0) is 40.2 Å². The second-order valence-electron chi connectivity index (χ2n) is 3.71. The van der Waals surface area contributed by atoms with Crippen molar-refractivity contribution in [2.45, 2.75) is 0 Å². The first-order valence-corrected chi connectivity index (χ1v) is 7.76. The zero-order chi connectivity index (χ0) is 12.8. The van der Waals surface area contributed by atoms with E-state index in [9.17, 15) is 0 Å². The van der Waals surface area contributed by atoms with E-state index in [0.29, 0.717) is 0 Å². The standard InChI is InChI=1S/C11H5BrN4OS2/c12-8-4-3-7(18-8)9-13-14-11-16(9)15-10(19-11)6-2-1-5-17-6/h1-5H. The van der Waals surface area contributed by atoms with Crippen molar-refractivity contribution in [2.24, 2.45) is 0 Å². The average Bonchev–Trinajstić information content (AvgIpc) is 3.11. The van der Waals surface area contributed by atoms with Crippen LogP contribution in [-0.2, 0) is 0 Å². The molecule has 0 amide bonds. The van der Waals surface area contributed by atoms with E-state index >= 15 is 0 Å². The van der Waals surface area contributed by atoms with Crippen molar-refractivity contribution < 1.29 is 4.42 Å². The zero-order valence-electron chi connectivity index (χ0n) is 9.28. The third-order valence-electron chi connectivity index (χ3n) is 2.52. The molecule has 0 bridgehead atoms. The molecule has 0 N–H and O–H groups in total. The van der Waals surface area contributed by atoms with Gasteiger partial charge >= 0.3 is 0 Å². The maximum Gasteiger partial charge on any atom is 0.235 e. The fourth-order valence-corrected chi connectivity index (χ4v) is 3.87. The number of aromatic nitrogens is 4. The molecule has 0 atom stereocenters. The molecule has 0 aliphatic carbocycles. The molecule has 0 spiro atoms. The van der Waals surface area contributed by atoms with Crippen LogP contribution in [0.2, 0.25) is 0 Å². The van der Waals surface area contributed by atoms with Crippen LogP contribution in [0.15, 0.2) is 38.7 Å². The Morgan fingerprint density at radius 2 is 2.11 bits per heavy atom. The summed E-state index contributed by atoms with van der Waals surface area (Å²) >= 11 is 6.50. The second kappa shape index (κ2) is 4.26. The van der Waals surface area contributed by atoms with Crippen LogP contribution in [0.1, 0.15) is 0 Å². The summed E-state index contributed by atoms with van der Waals surface area (Å²) in [4.78, 5) is 1.78. The summed E-state index contributed by atoms with van der Waals surface area (Å²) in [6, 6.07) is 7.71. The van der Waals surface area contributed by atoms with E-state index in [4.69, 9.17) is 4.42 Å². The molecule has 19 heavy (non-hydrogen) atoms. The minimum absolute atomic E-state index is 0.744. The van der Waals surface area contributed by atoms with Crippen LogP contribution >= 0.6 is 38.6 Å². The van der Waals surface area contributed by atoms with Crippen molar-refractivity contribution in [3.8, 4) is 21.5 Å². The number of rotatable bonds is 2. The average molecular weight is 353 g/mol. The fourth-order valence-electron chi connectivity index (χ4n) is 1.70. The number of hydrogen-bond donors (Lipinski definition) is 0. The van der Waals surface area contributed by atoms with Crippen molar-refractivity contribution in [3.63, 3.8) is 0 Å². The summed E-state index contributed by atoms with van der Waals surface area (Å²) in [5.74, 6) is 1.49. The first kappa shape index (κ1) is 11.3. The van der Waals surface area contributed by atoms with Crippen LogP contribution < -0.4 is 0 Å². The van der Waals surface area contributed by atoms with E-state index in [0.717, 1.165) is 30.2 Å². The minimum Gasteiger partial charge on any atom is -0.462 e. The number of fused-ring (bicyclic) bond motifs is 1. The highest BCUT2D eigenvalue weighted by molar-refractivity contribution is 9.11. The third-order valence-corrected chi connectivity index (χ3v) is 5.05. The topological polar surface area (TPSA) is 56.2 Å².